The summed E-state index contributed by atoms with van der Waals surface area (Å²) in [6, 6.07) is 16.6. The highest BCUT2D eigenvalue weighted by atomic mass is 35.5. The first-order valence-electron chi connectivity index (χ1n) is 8.19. The lowest BCUT2D eigenvalue weighted by molar-refractivity contribution is 0.617. The zero-order valence-corrected chi connectivity index (χ0v) is 15.7. The highest BCUT2D eigenvalue weighted by Crippen LogP contribution is 2.29. The number of hydrogen-bond donors (Lipinski definition) is 0. The zero-order valence-electron chi connectivity index (χ0n) is 14.2. The summed E-state index contributed by atoms with van der Waals surface area (Å²) < 4.78 is 15.6. The molecule has 3 aromatic carbocycles. The van der Waals surface area contributed by atoms with Crippen molar-refractivity contribution < 1.29 is 4.39 Å². The Morgan fingerprint density at radius 3 is 2.52 bits per heavy atom. The van der Waals surface area contributed by atoms with Crippen LogP contribution in [0.25, 0.3) is 28.0 Å². The van der Waals surface area contributed by atoms with Crippen molar-refractivity contribution in [1.82, 2.24) is 9.55 Å². The molecule has 0 radical (unpaired) electrons. The second-order valence-corrected chi connectivity index (χ2v) is 6.99. The van der Waals surface area contributed by atoms with Gasteiger partial charge in [-0.25, -0.2) is 9.37 Å². The van der Waals surface area contributed by atoms with Crippen molar-refractivity contribution in [3.63, 3.8) is 0 Å². The minimum atomic E-state index is -0.402. The Kier molecular flexibility index (Phi) is 4.46. The van der Waals surface area contributed by atoms with Crippen molar-refractivity contribution in [3.8, 4) is 17.1 Å². The minimum absolute atomic E-state index is 0.323. The molecule has 4 aromatic rings. The van der Waals surface area contributed by atoms with E-state index in [9.17, 15) is 9.18 Å². The summed E-state index contributed by atoms with van der Waals surface area (Å²) in [4.78, 5) is 17.9. The number of hydrogen-bond acceptors (Lipinski definition) is 2. The Hall–Kier alpha value is -2.69. The molecule has 0 bridgehead atoms. The van der Waals surface area contributed by atoms with Crippen LogP contribution in [0.3, 0.4) is 0 Å². The number of benzene rings is 3. The molecule has 3 nitrogen and oxygen atoms in total. The molecule has 0 saturated carbocycles. The number of halogens is 3. The molecule has 6 heteroatoms. The standard InChI is InChI=1S/C21H13Cl2FN2O/c1-12-6-8-14(11-18(12)24)26-20(15-4-2-3-5-17(15)23)25-19-10-13(22)7-9-16(19)21(26)27/h2-11H,1H3. The second-order valence-electron chi connectivity index (χ2n) is 6.15. The lowest BCUT2D eigenvalue weighted by atomic mass is 10.1. The SMILES string of the molecule is Cc1ccc(-n2c(-c3ccccc3Cl)nc3cc(Cl)ccc3c2=O)cc1F. The molecular formula is C21H13Cl2FN2O. The Morgan fingerprint density at radius 1 is 1.00 bits per heavy atom. The minimum Gasteiger partial charge on any atom is -0.268 e. The first-order chi connectivity index (χ1) is 13.0. The Balaban J connectivity index is 2.15. The highest BCUT2D eigenvalue weighted by molar-refractivity contribution is 6.33. The van der Waals surface area contributed by atoms with Gasteiger partial charge >= 0.3 is 0 Å². The van der Waals surface area contributed by atoms with Gasteiger partial charge in [0.05, 0.1) is 21.6 Å². The van der Waals surface area contributed by atoms with E-state index in [2.05, 4.69) is 4.98 Å². The molecule has 4 rings (SSSR count). The summed E-state index contributed by atoms with van der Waals surface area (Å²) >= 11 is 12.4. The average molecular weight is 399 g/mol. The maximum absolute atomic E-state index is 14.2. The molecule has 0 unspecified atom stereocenters. The Morgan fingerprint density at radius 2 is 1.78 bits per heavy atom. The van der Waals surface area contributed by atoms with E-state index in [-0.39, 0.29) is 5.56 Å². The first kappa shape index (κ1) is 17.7. The summed E-state index contributed by atoms with van der Waals surface area (Å²) in [5, 5.41) is 1.29. The van der Waals surface area contributed by atoms with Crippen LogP contribution in [0.5, 0.6) is 0 Å². The number of nitrogens with zero attached hydrogens (tertiary/aromatic N) is 2. The van der Waals surface area contributed by atoms with Crippen molar-refractivity contribution in [2.24, 2.45) is 0 Å². The van der Waals surface area contributed by atoms with Crippen LogP contribution in [0.1, 0.15) is 5.56 Å². The fraction of sp³-hybridized carbons (Fsp3) is 0.0476. The van der Waals surface area contributed by atoms with Gasteiger partial charge in [0.2, 0.25) is 0 Å². The predicted octanol–water partition coefficient (Wildman–Crippen LogP) is 5.81. The van der Waals surface area contributed by atoms with Gasteiger partial charge in [-0.15, -0.1) is 0 Å². The van der Waals surface area contributed by atoms with Gasteiger partial charge in [-0.3, -0.25) is 9.36 Å². The molecule has 0 saturated heterocycles. The molecule has 1 aromatic heterocycles. The third-order valence-electron chi connectivity index (χ3n) is 4.36. The van der Waals surface area contributed by atoms with Gasteiger partial charge in [0.15, 0.2) is 0 Å². The Labute approximate surface area is 164 Å². The maximum Gasteiger partial charge on any atom is 0.266 e. The van der Waals surface area contributed by atoms with Gasteiger partial charge in [-0.05, 0) is 55.0 Å². The third kappa shape index (κ3) is 3.11. The Bertz CT molecular complexity index is 1250. The second kappa shape index (κ2) is 6.80. The van der Waals surface area contributed by atoms with E-state index in [1.807, 2.05) is 0 Å². The monoisotopic (exact) mass is 398 g/mol. The van der Waals surface area contributed by atoms with E-state index >= 15 is 0 Å². The fourth-order valence-electron chi connectivity index (χ4n) is 2.94. The van der Waals surface area contributed by atoms with E-state index < -0.39 is 5.82 Å². The summed E-state index contributed by atoms with van der Waals surface area (Å²) in [7, 11) is 0. The van der Waals surface area contributed by atoms with Crippen LogP contribution in [0, 0.1) is 12.7 Å². The average Bonchev–Trinajstić information content (AvgIpc) is 2.64. The van der Waals surface area contributed by atoms with Crippen LogP contribution in [-0.2, 0) is 0 Å². The van der Waals surface area contributed by atoms with Crippen molar-refractivity contribution in [3.05, 3.63) is 92.4 Å². The molecule has 0 atom stereocenters. The molecule has 0 aliphatic rings. The highest BCUT2D eigenvalue weighted by Gasteiger charge is 2.17. The molecular weight excluding hydrogens is 386 g/mol. The topological polar surface area (TPSA) is 34.9 Å². The largest absolute Gasteiger partial charge is 0.268 e. The lowest BCUT2D eigenvalue weighted by Crippen LogP contribution is -2.22. The van der Waals surface area contributed by atoms with E-state index in [0.717, 1.165) is 0 Å². The molecule has 0 spiro atoms. The van der Waals surface area contributed by atoms with Crippen LogP contribution in [0.2, 0.25) is 10.0 Å². The molecule has 0 fully saturated rings. The molecule has 27 heavy (non-hydrogen) atoms. The summed E-state index contributed by atoms with van der Waals surface area (Å²) in [5.74, 6) is -0.0793. The molecule has 134 valence electrons. The normalized spacial score (nSPS) is 11.1. The van der Waals surface area contributed by atoms with Crippen LogP contribution in [0.4, 0.5) is 4.39 Å². The van der Waals surface area contributed by atoms with Crippen LogP contribution < -0.4 is 5.56 Å². The van der Waals surface area contributed by atoms with Gasteiger partial charge in [0, 0.05) is 10.6 Å². The summed E-state index contributed by atoms with van der Waals surface area (Å²) in [6.07, 6.45) is 0. The first-order valence-corrected chi connectivity index (χ1v) is 8.95. The van der Waals surface area contributed by atoms with Crippen molar-refractivity contribution >= 4 is 34.1 Å². The van der Waals surface area contributed by atoms with Crippen molar-refractivity contribution in [2.75, 3.05) is 0 Å². The zero-order chi connectivity index (χ0) is 19.1. The molecule has 0 aliphatic carbocycles. The quantitative estimate of drug-likeness (QED) is 0.427. The van der Waals surface area contributed by atoms with E-state index in [1.54, 1.807) is 61.5 Å². The van der Waals surface area contributed by atoms with E-state index in [1.165, 1.54) is 10.6 Å². The van der Waals surface area contributed by atoms with E-state index in [0.29, 0.717) is 43.6 Å². The van der Waals surface area contributed by atoms with Crippen molar-refractivity contribution in [2.45, 2.75) is 6.92 Å². The molecule has 0 amide bonds. The molecule has 1 heterocycles. The fourth-order valence-corrected chi connectivity index (χ4v) is 3.33. The summed E-state index contributed by atoms with van der Waals surface area (Å²) in [5.41, 5.74) is 1.56. The maximum atomic E-state index is 14.2. The van der Waals surface area contributed by atoms with Crippen molar-refractivity contribution in [1.29, 1.82) is 0 Å². The third-order valence-corrected chi connectivity index (χ3v) is 4.92. The molecule has 0 N–H and O–H groups in total. The predicted molar refractivity (Wildman–Crippen MR) is 107 cm³/mol. The van der Waals surface area contributed by atoms with Crippen LogP contribution in [-0.4, -0.2) is 9.55 Å². The van der Waals surface area contributed by atoms with Crippen LogP contribution in [0.15, 0.2) is 65.5 Å². The summed E-state index contributed by atoms with van der Waals surface area (Å²) in [6.45, 7) is 1.66. The van der Waals surface area contributed by atoms with Gasteiger partial charge < -0.3 is 0 Å². The molecule has 0 aliphatic heterocycles. The number of fused-ring (bicyclic) bond motifs is 1. The van der Waals surface area contributed by atoms with Gasteiger partial charge in [0.25, 0.3) is 5.56 Å². The van der Waals surface area contributed by atoms with Gasteiger partial charge in [0.1, 0.15) is 11.6 Å². The lowest BCUT2D eigenvalue weighted by Gasteiger charge is -2.15. The van der Waals surface area contributed by atoms with Gasteiger partial charge in [-0.2, -0.15) is 0 Å². The number of aromatic nitrogens is 2. The smallest absolute Gasteiger partial charge is 0.266 e. The van der Waals surface area contributed by atoms with E-state index in [4.69, 9.17) is 23.2 Å². The number of aryl methyl sites for hydroxylation is 1. The number of rotatable bonds is 2. The van der Waals surface area contributed by atoms with Gasteiger partial charge in [-0.1, -0.05) is 41.4 Å². The van der Waals surface area contributed by atoms with Crippen LogP contribution >= 0.6 is 23.2 Å².